The van der Waals surface area contributed by atoms with Gasteiger partial charge in [-0.25, -0.2) is 0 Å². The lowest BCUT2D eigenvalue weighted by atomic mass is 9.88. The van der Waals surface area contributed by atoms with Crippen LogP contribution >= 0.6 is 11.6 Å². The van der Waals surface area contributed by atoms with Gasteiger partial charge in [0.15, 0.2) is 0 Å². The molecule has 1 aromatic rings. The summed E-state index contributed by atoms with van der Waals surface area (Å²) < 4.78 is 5.33. The van der Waals surface area contributed by atoms with E-state index in [2.05, 4.69) is 4.98 Å². The first-order chi connectivity index (χ1) is 7.77. The maximum Gasteiger partial charge on any atom is 0.0621 e. The fourth-order valence-corrected chi connectivity index (χ4v) is 2.33. The number of hydrogen-bond acceptors (Lipinski definition) is 3. The summed E-state index contributed by atoms with van der Waals surface area (Å²) in [5.41, 5.74) is 7.31. The highest BCUT2D eigenvalue weighted by atomic mass is 35.5. The molecule has 0 spiro atoms. The Kier molecular flexibility index (Phi) is 4.16. The lowest BCUT2D eigenvalue weighted by Crippen LogP contribution is -2.36. The molecule has 0 saturated carbocycles. The monoisotopic (exact) mass is 240 g/mol. The van der Waals surface area contributed by atoms with Crippen molar-refractivity contribution in [1.29, 1.82) is 0 Å². The molecule has 1 aliphatic rings. The van der Waals surface area contributed by atoms with Gasteiger partial charge in [0.1, 0.15) is 0 Å². The normalized spacial score (nSPS) is 19.6. The molecule has 2 rings (SSSR count). The zero-order valence-electron chi connectivity index (χ0n) is 9.23. The van der Waals surface area contributed by atoms with Crippen molar-refractivity contribution >= 4 is 11.6 Å². The van der Waals surface area contributed by atoms with Gasteiger partial charge in [-0.15, -0.1) is 0 Å². The van der Waals surface area contributed by atoms with Crippen molar-refractivity contribution in [3.05, 3.63) is 29.0 Å². The molecule has 16 heavy (non-hydrogen) atoms. The van der Waals surface area contributed by atoms with Gasteiger partial charge in [-0.3, -0.25) is 4.98 Å². The summed E-state index contributed by atoms with van der Waals surface area (Å²) in [5.74, 6) is 0.554. The summed E-state index contributed by atoms with van der Waals surface area (Å²) in [6.07, 6.45) is 6.38. The van der Waals surface area contributed by atoms with Crippen molar-refractivity contribution in [1.82, 2.24) is 4.98 Å². The quantitative estimate of drug-likeness (QED) is 0.880. The van der Waals surface area contributed by atoms with E-state index in [1.165, 1.54) is 0 Å². The van der Waals surface area contributed by atoms with Gasteiger partial charge in [0, 0.05) is 31.6 Å². The first kappa shape index (κ1) is 11.8. The molecule has 1 saturated heterocycles. The maximum absolute atomic E-state index is 6.21. The van der Waals surface area contributed by atoms with Crippen molar-refractivity contribution in [2.24, 2.45) is 11.7 Å². The Hall–Kier alpha value is -0.640. The molecule has 1 aliphatic heterocycles. The molecule has 1 unspecified atom stereocenters. The van der Waals surface area contributed by atoms with E-state index in [0.29, 0.717) is 10.9 Å². The van der Waals surface area contributed by atoms with Crippen LogP contribution in [0.2, 0.25) is 5.02 Å². The molecule has 0 radical (unpaired) electrons. The van der Waals surface area contributed by atoms with E-state index < -0.39 is 0 Å². The van der Waals surface area contributed by atoms with Gasteiger partial charge >= 0.3 is 0 Å². The number of nitrogens with zero attached hydrogens (tertiary/aromatic N) is 1. The minimum Gasteiger partial charge on any atom is -0.381 e. The van der Waals surface area contributed by atoms with Gasteiger partial charge in [-0.2, -0.15) is 0 Å². The number of ether oxygens (including phenoxy) is 1. The second-order valence-corrected chi connectivity index (χ2v) is 4.69. The van der Waals surface area contributed by atoms with E-state index in [1.807, 2.05) is 6.07 Å². The molecule has 0 aliphatic carbocycles. The third kappa shape index (κ3) is 2.94. The molecule has 2 N–H and O–H groups in total. The van der Waals surface area contributed by atoms with Crippen molar-refractivity contribution in [3.63, 3.8) is 0 Å². The fraction of sp³-hybridized carbons (Fsp3) is 0.583. The zero-order chi connectivity index (χ0) is 11.4. The second-order valence-electron chi connectivity index (χ2n) is 4.28. The van der Waals surface area contributed by atoms with Crippen molar-refractivity contribution in [2.75, 3.05) is 13.2 Å². The van der Waals surface area contributed by atoms with E-state index in [-0.39, 0.29) is 6.04 Å². The van der Waals surface area contributed by atoms with Crippen molar-refractivity contribution in [3.8, 4) is 0 Å². The molecule has 88 valence electrons. The average molecular weight is 241 g/mol. The molecule has 1 aromatic heterocycles. The summed E-state index contributed by atoms with van der Waals surface area (Å²) in [7, 11) is 0. The number of hydrogen-bond donors (Lipinski definition) is 1. The predicted molar refractivity (Wildman–Crippen MR) is 64.5 cm³/mol. The fourth-order valence-electron chi connectivity index (χ4n) is 2.13. The molecule has 3 nitrogen and oxygen atoms in total. The number of pyridine rings is 1. The summed E-state index contributed by atoms with van der Waals surface area (Å²) in [6.45, 7) is 1.67. The topological polar surface area (TPSA) is 48.1 Å². The predicted octanol–water partition coefficient (Wildman–Crippen LogP) is 2.03. The third-order valence-electron chi connectivity index (χ3n) is 3.18. The van der Waals surface area contributed by atoms with Gasteiger partial charge in [-0.1, -0.05) is 11.6 Å². The van der Waals surface area contributed by atoms with Crippen molar-refractivity contribution in [2.45, 2.75) is 25.3 Å². The molecule has 0 aromatic carbocycles. The minimum absolute atomic E-state index is 0.170. The highest BCUT2D eigenvalue weighted by molar-refractivity contribution is 6.31. The Bertz CT molecular complexity index is 340. The van der Waals surface area contributed by atoms with E-state index in [9.17, 15) is 0 Å². The Labute approximate surface area is 101 Å². The zero-order valence-corrected chi connectivity index (χ0v) is 9.99. The second kappa shape index (κ2) is 5.62. The smallest absolute Gasteiger partial charge is 0.0621 e. The minimum atomic E-state index is 0.170. The lowest BCUT2D eigenvalue weighted by molar-refractivity contribution is 0.0585. The lowest BCUT2D eigenvalue weighted by Gasteiger charge is -2.27. The Morgan fingerprint density at radius 3 is 2.94 bits per heavy atom. The largest absolute Gasteiger partial charge is 0.381 e. The Balaban J connectivity index is 1.96. The number of halogens is 1. The average Bonchev–Trinajstić information content (AvgIpc) is 2.33. The summed E-state index contributed by atoms with van der Waals surface area (Å²) in [6, 6.07) is 2.12. The van der Waals surface area contributed by atoms with Crippen LogP contribution in [0, 0.1) is 5.92 Å². The van der Waals surface area contributed by atoms with Crippen LogP contribution in [0.4, 0.5) is 0 Å². The standard InChI is InChI=1S/C12H17ClN2O/c13-11-8-15-4-1-10(11)7-12(14)9-2-5-16-6-3-9/h1,4,8-9,12H,2-3,5-7,14H2. The molecule has 0 amide bonds. The summed E-state index contributed by atoms with van der Waals surface area (Å²) in [4.78, 5) is 3.97. The number of rotatable bonds is 3. The summed E-state index contributed by atoms with van der Waals surface area (Å²) in [5, 5.41) is 0.713. The molecule has 1 fully saturated rings. The van der Waals surface area contributed by atoms with Gasteiger partial charge in [-0.05, 0) is 36.8 Å². The van der Waals surface area contributed by atoms with E-state index in [4.69, 9.17) is 22.1 Å². The van der Waals surface area contributed by atoms with Crippen LogP contribution in [0.3, 0.4) is 0 Å². The van der Waals surface area contributed by atoms with Gasteiger partial charge in [0.2, 0.25) is 0 Å². The highest BCUT2D eigenvalue weighted by Gasteiger charge is 2.21. The van der Waals surface area contributed by atoms with E-state index in [0.717, 1.165) is 38.0 Å². The first-order valence-electron chi connectivity index (χ1n) is 5.69. The molecule has 1 atom stereocenters. The highest BCUT2D eigenvalue weighted by Crippen LogP contribution is 2.22. The third-order valence-corrected chi connectivity index (χ3v) is 3.52. The first-order valence-corrected chi connectivity index (χ1v) is 6.07. The Morgan fingerprint density at radius 2 is 2.25 bits per heavy atom. The molecular formula is C12H17ClN2O. The van der Waals surface area contributed by atoms with Gasteiger partial charge in [0.05, 0.1) is 5.02 Å². The molecule has 2 heterocycles. The van der Waals surface area contributed by atoms with Crippen LogP contribution in [0.15, 0.2) is 18.5 Å². The molecule has 0 bridgehead atoms. The van der Waals surface area contributed by atoms with Crippen LogP contribution in [0.1, 0.15) is 18.4 Å². The molecular weight excluding hydrogens is 224 g/mol. The van der Waals surface area contributed by atoms with E-state index in [1.54, 1.807) is 12.4 Å². The SMILES string of the molecule is NC(Cc1ccncc1Cl)C1CCOCC1. The van der Waals surface area contributed by atoms with Gasteiger partial charge in [0.25, 0.3) is 0 Å². The number of aromatic nitrogens is 1. The van der Waals surface area contributed by atoms with Crippen LogP contribution < -0.4 is 5.73 Å². The summed E-state index contributed by atoms with van der Waals surface area (Å²) >= 11 is 6.06. The maximum atomic E-state index is 6.21. The van der Waals surface area contributed by atoms with Crippen LogP contribution in [-0.2, 0) is 11.2 Å². The van der Waals surface area contributed by atoms with Crippen molar-refractivity contribution < 1.29 is 4.74 Å². The van der Waals surface area contributed by atoms with Crippen LogP contribution in [0.25, 0.3) is 0 Å². The van der Waals surface area contributed by atoms with Gasteiger partial charge < -0.3 is 10.5 Å². The molecule has 4 heteroatoms. The number of nitrogens with two attached hydrogens (primary N) is 1. The van der Waals surface area contributed by atoms with Crippen LogP contribution in [0.5, 0.6) is 0 Å². The van der Waals surface area contributed by atoms with E-state index >= 15 is 0 Å². The Morgan fingerprint density at radius 1 is 1.50 bits per heavy atom. The van der Waals surface area contributed by atoms with Crippen LogP contribution in [-0.4, -0.2) is 24.2 Å².